The Kier molecular flexibility index (Phi) is 4.03. The third-order valence-electron chi connectivity index (χ3n) is 4.96. The number of halogens is 1. The Morgan fingerprint density at radius 3 is 2.69 bits per heavy atom. The predicted octanol–water partition coefficient (Wildman–Crippen LogP) is 3.60. The Morgan fingerprint density at radius 1 is 1.07 bits per heavy atom. The van der Waals surface area contributed by atoms with Crippen LogP contribution in [-0.4, -0.2) is 25.8 Å². The smallest absolute Gasteiger partial charge is 0.272 e. The molecule has 1 atom stereocenters. The normalized spacial score (nSPS) is 14.3. The van der Waals surface area contributed by atoms with E-state index in [2.05, 4.69) is 25.3 Å². The number of hydrogen-bond acceptors (Lipinski definition) is 5. The van der Waals surface area contributed by atoms with Gasteiger partial charge in [-0.15, -0.1) is 0 Å². The van der Waals surface area contributed by atoms with E-state index in [-0.39, 0.29) is 22.7 Å². The molecule has 1 unspecified atom stereocenters. The number of nitrogen functional groups attached to an aromatic ring is 1. The first-order chi connectivity index (χ1) is 14.1. The molecule has 0 saturated heterocycles. The van der Waals surface area contributed by atoms with Gasteiger partial charge >= 0.3 is 0 Å². The van der Waals surface area contributed by atoms with E-state index in [4.69, 9.17) is 17.3 Å². The maximum Gasteiger partial charge on any atom is 0.272 e. The molecule has 142 valence electrons. The number of anilines is 1. The SMILES string of the molecule is Nc1ncc(Cl)c(C(=O)NC2c3ccccc3-c3c(-c4ncc[nH]4)cccc32)n1. The average Bonchev–Trinajstić information content (AvgIpc) is 3.37. The molecule has 2 heterocycles. The summed E-state index contributed by atoms with van der Waals surface area (Å²) < 4.78 is 0. The molecule has 4 aromatic rings. The number of fused-ring (bicyclic) bond motifs is 3. The van der Waals surface area contributed by atoms with Crippen LogP contribution in [0.25, 0.3) is 22.5 Å². The number of carbonyl (C=O) groups excluding carboxylic acids is 1. The van der Waals surface area contributed by atoms with E-state index in [9.17, 15) is 4.79 Å². The molecule has 0 aliphatic heterocycles. The molecule has 1 amide bonds. The lowest BCUT2D eigenvalue weighted by atomic mass is 9.99. The third kappa shape index (κ3) is 2.83. The van der Waals surface area contributed by atoms with Crippen molar-refractivity contribution in [3.8, 4) is 22.5 Å². The number of hydrogen-bond donors (Lipinski definition) is 3. The number of imidazole rings is 1. The van der Waals surface area contributed by atoms with Gasteiger partial charge in [0.1, 0.15) is 5.82 Å². The standard InChI is InChI=1S/C21H15ClN6O/c22-15-10-26-21(23)28-18(15)20(29)27-17-12-5-2-1-4-11(12)16-13(17)6-3-7-14(16)19-24-8-9-25-19/h1-10,17H,(H,24,25)(H,27,29)(H2,23,26,28). The molecule has 0 bridgehead atoms. The Labute approximate surface area is 171 Å². The van der Waals surface area contributed by atoms with Crippen LogP contribution in [0.5, 0.6) is 0 Å². The quantitative estimate of drug-likeness (QED) is 0.485. The Hall–Kier alpha value is -3.71. The fourth-order valence-electron chi connectivity index (χ4n) is 3.76. The highest BCUT2D eigenvalue weighted by Gasteiger charge is 2.32. The van der Waals surface area contributed by atoms with Crippen molar-refractivity contribution in [3.63, 3.8) is 0 Å². The minimum absolute atomic E-state index is 0.00752. The number of H-pyrrole nitrogens is 1. The second kappa shape index (κ2) is 6.72. The van der Waals surface area contributed by atoms with Crippen LogP contribution in [-0.2, 0) is 0 Å². The predicted molar refractivity (Wildman–Crippen MR) is 110 cm³/mol. The molecule has 1 aliphatic carbocycles. The van der Waals surface area contributed by atoms with Gasteiger partial charge in [0.15, 0.2) is 5.69 Å². The van der Waals surface area contributed by atoms with Crippen molar-refractivity contribution in [1.82, 2.24) is 25.3 Å². The summed E-state index contributed by atoms with van der Waals surface area (Å²) in [5, 5.41) is 3.19. The van der Waals surface area contributed by atoms with Crippen LogP contribution in [0.1, 0.15) is 27.7 Å². The molecule has 29 heavy (non-hydrogen) atoms. The zero-order chi connectivity index (χ0) is 20.0. The number of benzene rings is 2. The summed E-state index contributed by atoms with van der Waals surface area (Å²) in [6.45, 7) is 0. The van der Waals surface area contributed by atoms with Crippen molar-refractivity contribution < 1.29 is 4.79 Å². The van der Waals surface area contributed by atoms with Gasteiger partial charge in [-0.25, -0.2) is 15.0 Å². The van der Waals surface area contributed by atoms with Crippen LogP contribution >= 0.6 is 11.6 Å². The molecule has 5 rings (SSSR count). The summed E-state index contributed by atoms with van der Waals surface area (Å²) in [7, 11) is 0. The van der Waals surface area contributed by atoms with Crippen molar-refractivity contribution in [3.05, 3.63) is 82.9 Å². The van der Waals surface area contributed by atoms with Gasteiger partial charge in [-0.05, 0) is 22.3 Å². The fraction of sp³-hybridized carbons (Fsp3) is 0.0476. The molecule has 0 radical (unpaired) electrons. The molecule has 2 aromatic heterocycles. The average molecular weight is 403 g/mol. The lowest BCUT2D eigenvalue weighted by Gasteiger charge is -2.16. The zero-order valence-electron chi connectivity index (χ0n) is 15.1. The van der Waals surface area contributed by atoms with Gasteiger partial charge in [0.25, 0.3) is 5.91 Å². The van der Waals surface area contributed by atoms with Crippen LogP contribution < -0.4 is 11.1 Å². The van der Waals surface area contributed by atoms with E-state index in [0.29, 0.717) is 0 Å². The lowest BCUT2D eigenvalue weighted by Crippen LogP contribution is -2.29. The Balaban J connectivity index is 1.62. The Bertz CT molecular complexity index is 1240. The van der Waals surface area contributed by atoms with Gasteiger partial charge in [-0.1, -0.05) is 54.1 Å². The topological polar surface area (TPSA) is 110 Å². The van der Waals surface area contributed by atoms with Crippen molar-refractivity contribution in [2.24, 2.45) is 0 Å². The second-order valence-corrected chi connectivity index (χ2v) is 7.03. The van der Waals surface area contributed by atoms with Crippen molar-refractivity contribution in [1.29, 1.82) is 0 Å². The van der Waals surface area contributed by atoms with E-state index in [1.165, 1.54) is 6.20 Å². The molecule has 0 spiro atoms. The van der Waals surface area contributed by atoms with Gasteiger partial charge in [-0.3, -0.25) is 4.79 Å². The largest absolute Gasteiger partial charge is 0.368 e. The second-order valence-electron chi connectivity index (χ2n) is 6.63. The molecule has 0 fully saturated rings. The van der Waals surface area contributed by atoms with Gasteiger partial charge in [0.2, 0.25) is 5.95 Å². The number of nitrogens with zero attached hydrogens (tertiary/aromatic N) is 3. The van der Waals surface area contributed by atoms with E-state index in [0.717, 1.165) is 33.6 Å². The molecule has 4 N–H and O–H groups in total. The highest BCUT2D eigenvalue weighted by atomic mass is 35.5. The molecule has 0 saturated carbocycles. The van der Waals surface area contributed by atoms with E-state index >= 15 is 0 Å². The van der Waals surface area contributed by atoms with E-state index in [1.54, 1.807) is 12.4 Å². The van der Waals surface area contributed by atoms with Crippen LogP contribution in [0.3, 0.4) is 0 Å². The summed E-state index contributed by atoms with van der Waals surface area (Å²) in [6, 6.07) is 13.6. The van der Waals surface area contributed by atoms with Gasteiger partial charge in [0.05, 0.1) is 17.3 Å². The molecule has 1 aliphatic rings. The van der Waals surface area contributed by atoms with Gasteiger partial charge in [-0.2, -0.15) is 0 Å². The van der Waals surface area contributed by atoms with Crippen molar-refractivity contribution in [2.75, 3.05) is 5.73 Å². The van der Waals surface area contributed by atoms with Crippen molar-refractivity contribution >= 4 is 23.5 Å². The van der Waals surface area contributed by atoms with Crippen LogP contribution in [0, 0.1) is 0 Å². The fourth-order valence-corrected chi connectivity index (χ4v) is 3.94. The monoisotopic (exact) mass is 402 g/mol. The van der Waals surface area contributed by atoms with E-state index < -0.39 is 5.91 Å². The van der Waals surface area contributed by atoms with Crippen LogP contribution in [0.15, 0.2) is 61.1 Å². The molecular formula is C21H15ClN6O. The number of carbonyl (C=O) groups is 1. The van der Waals surface area contributed by atoms with Crippen LogP contribution in [0.2, 0.25) is 5.02 Å². The minimum atomic E-state index is -0.417. The highest BCUT2D eigenvalue weighted by Crippen LogP contribution is 2.47. The summed E-state index contributed by atoms with van der Waals surface area (Å²) in [6.07, 6.45) is 4.83. The first-order valence-corrected chi connectivity index (χ1v) is 9.32. The number of rotatable bonds is 3. The number of aromatic nitrogens is 4. The summed E-state index contributed by atoms with van der Waals surface area (Å²) >= 11 is 6.12. The molecule has 2 aromatic carbocycles. The molecular weight excluding hydrogens is 388 g/mol. The van der Waals surface area contributed by atoms with Gasteiger partial charge in [0, 0.05) is 18.0 Å². The van der Waals surface area contributed by atoms with Gasteiger partial charge < -0.3 is 16.0 Å². The van der Waals surface area contributed by atoms with Crippen molar-refractivity contribution in [2.45, 2.75) is 6.04 Å². The number of nitrogens with two attached hydrogens (primary N) is 1. The molecule has 8 heteroatoms. The Morgan fingerprint density at radius 2 is 1.86 bits per heavy atom. The number of nitrogens with one attached hydrogen (secondary N) is 2. The lowest BCUT2D eigenvalue weighted by molar-refractivity contribution is 0.0938. The molecule has 7 nitrogen and oxygen atoms in total. The first kappa shape index (κ1) is 17.4. The number of aromatic amines is 1. The number of amides is 1. The first-order valence-electron chi connectivity index (χ1n) is 8.94. The maximum absolute atomic E-state index is 12.9. The maximum atomic E-state index is 12.9. The van der Waals surface area contributed by atoms with Crippen LogP contribution in [0.4, 0.5) is 5.95 Å². The third-order valence-corrected chi connectivity index (χ3v) is 5.23. The zero-order valence-corrected chi connectivity index (χ0v) is 15.8. The summed E-state index contributed by atoms with van der Waals surface area (Å²) in [5.74, 6) is 0.349. The highest BCUT2D eigenvalue weighted by molar-refractivity contribution is 6.33. The summed E-state index contributed by atoms with van der Waals surface area (Å²) in [4.78, 5) is 28.3. The van der Waals surface area contributed by atoms with E-state index in [1.807, 2.05) is 42.5 Å². The summed E-state index contributed by atoms with van der Waals surface area (Å²) in [5.41, 5.74) is 10.7. The minimum Gasteiger partial charge on any atom is -0.368 e.